The molecular formula is C20H25N5O2S. The van der Waals surface area contributed by atoms with E-state index >= 15 is 0 Å². The molecule has 0 saturated carbocycles. The molecule has 1 atom stereocenters. The number of carbonyl (C=O) groups excluding carboxylic acids is 1. The Morgan fingerprint density at radius 1 is 1.25 bits per heavy atom. The molecular weight excluding hydrogens is 374 g/mol. The lowest BCUT2D eigenvalue weighted by Crippen LogP contribution is -2.26. The summed E-state index contributed by atoms with van der Waals surface area (Å²) in [5, 5.41) is 15.9. The highest BCUT2D eigenvalue weighted by atomic mass is 32.2. The van der Waals surface area contributed by atoms with Crippen LogP contribution >= 0.6 is 11.8 Å². The molecule has 0 aliphatic carbocycles. The molecule has 1 N–H and O–H groups in total. The van der Waals surface area contributed by atoms with E-state index in [9.17, 15) is 4.79 Å². The quantitative estimate of drug-likeness (QED) is 0.531. The van der Waals surface area contributed by atoms with E-state index in [0.717, 1.165) is 42.4 Å². The van der Waals surface area contributed by atoms with Crippen LogP contribution in [0.25, 0.3) is 11.4 Å². The molecule has 0 saturated heterocycles. The van der Waals surface area contributed by atoms with Crippen LogP contribution in [0.3, 0.4) is 0 Å². The molecule has 2 heterocycles. The van der Waals surface area contributed by atoms with Gasteiger partial charge in [-0.15, -0.1) is 10.2 Å². The standard InChI is InChI=1S/C20H25N5O2S/c1-4-6-12-16(19(26)21-17-13-14(3)27-24-17)28-20-23-22-18(25(20)5-2)15-10-8-7-9-11-15/h7-11,13,16H,4-6,12H2,1-3H3,(H,21,24,26)/t16-/m0/s1. The number of aryl methyl sites for hydroxylation is 1. The first-order valence-corrected chi connectivity index (χ1v) is 10.4. The van der Waals surface area contributed by atoms with Crippen molar-refractivity contribution in [1.82, 2.24) is 19.9 Å². The zero-order chi connectivity index (χ0) is 19.9. The molecule has 7 nitrogen and oxygen atoms in total. The van der Waals surface area contributed by atoms with Gasteiger partial charge in [-0.25, -0.2) is 0 Å². The average molecular weight is 400 g/mol. The van der Waals surface area contributed by atoms with Crippen molar-refractivity contribution < 1.29 is 9.32 Å². The topological polar surface area (TPSA) is 85.8 Å². The Kier molecular flexibility index (Phi) is 6.86. The van der Waals surface area contributed by atoms with Crippen molar-refractivity contribution in [3.8, 4) is 11.4 Å². The van der Waals surface area contributed by atoms with E-state index in [0.29, 0.717) is 11.6 Å². The molecule has 0 spiro atoms. The first kappa shape index (κ1) is 20.1. The Morgan fingerprint density at radius 3 is 2.68 bits per heavy atom. The molecule has 2 aromatic heterocycles. The first-order chi connectivity index (χ1) is 13.6. The maximum atomic E-state index is 12.8. The van der Waals surface area contributed by atoms with E-state index in [4.69, 9.17) is 4.52 Å². The highest BCUT2D eigenvalue weighted by molar-refractivity contribution is 8.00. The summed E-state index contributed by atoms with van der Waals surface area (Å²) >= 11 is 1.45. The van der Waals surface area contributed by atoms with Crippen LogP contribution in [0.4, 0.5) is 5.82 Å². The molecule has 3 rings (SSSR count). The predicted molar refractivity (Wildman–Crippen MR) is 110 cm³/mol. The summed E-state index contributed by atoms with van der Waals surface area (Å²) in [6, 6.07) is 11.7. The molecule has 8 heteroatoms. The molecule has 1 aromatic carbocycles. The van der Waals surface area contributed by atoms with Crippen molar-refractivity contribution in [3.63, 3.8) is 0 Å². The Balaban J connectivity index is 1.80. The van der Waals surface area contributed by atoms with Crippen LogP contribution in [-0.4, -0.2) is 31.1 Å². The number of amides is 1. The van der Waals surface area contributed by atoms with Crippen molar-refractivity contribution in [1.29, 1.82) is 0 Å². The number of carbonyl (C=O) groups is 1. The molecule has 0 unspecified atom stereocenters. The molecule has 0 aliphatic rings. The van der Waals surface area contributed by atoms with Gasteiger partial charge in [0, 0.05) is 18.2 Å². The van der Waals surface area contributed by atoms with Gasteiger partial charge in [0.15, 0.2) is 16.8 Å². The lowest BCUT2D eigenvalue weighted by atomic mass is 10.2. The minimum absolute atomic E-state index is 0.0985. The second-order valence-electron chi connectivity index (χ2n) is 6.48. The summed E-state index contributed by atoms with van der Waals surface area (Å²) in [4.78, 5) is 12.8. The summed E-state index contributed by atoms with van der Waals surface area (Å²) in [5.74, 6) is 1.81. The van der Waals surface area contributed by atoms with Crippen LogP contribution in [0.1, 0.15) is 38.9 Å². The molecule has 0 radical (unpaired) electrons. The fraction of sp³-hybridized carbons (Fsp3) is 0.400. The van der Waals surface area contributed by atoms with Crippen molar-refractivity contribution in [2.45, 2.75) is 57.0 Å². The van der Waals surface area contributed by atoms with E-state index in [1.807, 2.05) is 34.9 Å². The fourth-order valence-electron chi connectivity index (χ4n) is 2.85. The third-order valence-electron chi connectivity index (χ3n) is 4.30. The van der Waals surface area contributed by atoms with Crippen LogP contribution in [0.5, 0.6) is 0 Å². The normalized spacial score (nSPS) is 12.1. The number of rotatable bonds is 9. The Bertz CT molecular complexity index is 906. The van der Waals surface area contributed by atoms with Gasteiger partial charge in [0.1, 0.15) is 5.76 Å². The second-order valence-corrected chi connectivity index (χ2v) is 7.65. The van der Waals surface area contributed by atoms with Gasteiger partial charge in [-0.1, -0.05) is 67.0 Å². The van der Waals surface area contributed by atoms with E-state index in [1.165, 1.54) is 11.8 Å². The minimum atomic E-state index is -0.282. The Labute approximate surface area is 168 Å². The number of nitrogens with zero attached hydrogens (tertiary/aromatic N) is 4. The molecule has 0 aliphatic heterocycles. The van der Waals surface area contributed by atoms with Gasteiger partial charge in [-0.05, 0) is 20.3 Å². The number of hydrogen-bond donors (Lipinski definition) is 1. The SMILES string of the molecule is CCCC[C@H](Sc1nnc(-c2ccccc2)n1CC)C(=O)Nc1cc(C)on1. The smallest absolute Gasteiger partial charge is 0.239 e. The zero-order valence-corrected chi connectivity index (χ0v) is 17.2. The van der Waals surface area contributed by atoms with Gasteiger partial charge in [0.05, 0.1) is 5.25 Å². The highest BCUT2D eigenvalue weighted by Crippen LogP contribution is 2.29. The van der Waals surface area contributed by atoms with Crippen LogP contribution in [0.15, 0.2) is 46.1 Å². The fourth-order valence-corrected chi connectivity index (χ4v) is 3.99. The maximum absolute atomic E-state index is 12.8. The van der Waals surface area contributed by atoms with E-state index in [2.05, 4.69) is 34.5 Å². The van der Waals surface area contributed by atoms with E-state index < -0.39 is 0 Å². The average Bonchev–Trinajstić information content (AvgIpc) is 3.31. The maximum Gasteiger partial charge on any atom is 0.239 e. The third kappa shape index (κ3) is 4.81. The molecule has 0 bridgehead atoms. The molecule has 0 fully saturated rings. The summed E-state index contributed by atoms with van der Waals surface area (Å²) in [7, 11) is 0. The van der Waals surface area contributed by atoms with Gasteiger partial charge in [-0.2, -0.15) is 0 Å². The number of aromatic nitrogens is 4. The van der Waals surface area contributed by atoms with E-state index in [1.54, 1.807) is 13.0 Å². The van der Waals surface area contributed by atoms with Crippen LogP contribution in [0.2, 0.25) is 0 Å². The number of thioether (sulfide) groups is 1. The van der Waals surface area contributed by atoms with Crippen molar-refractivity contribution in [2.24, 2.45) is 0 Å². The number of unbranched alkanes of at least 4 members (excludes halogenated alkanes) is 1. The van der Waals surface area contributed by atoms with Crippen molar-refractivity contribution >= 4 is 23.5 Å². The van der Waals surface area contributed by atoms with Crippen LogP contribution in [-0.2, 0) is 11.3 Å². The Hall–Kier alpha value is -2.61. The number of anilines is 1. The zero-order valence-electron chi connectivity index (χ0n) is 16.4. The van der Waals surface area contributed by atoms with Crippen molar-refractivity contribution in [3.05, 3.63) is 42.2 Å². The van der Waals surface area contributed by atoms with Gasteiger partial charge in [0.2, 0.25) is 5.91 Å². The summed E-state index contributed by atoms with van der Waals surface area (Å²) in [6.45, 7) is 6.69. The monoisotopic (exact) mass is 399 g/mol. The van der Waals surface area contributed by atoms with Gasteiger partial charge >= 0.3 is 0 Å². The molecule has 3 aromatic rings. The highest BCUT2D eigenvalue weighted by Gasteiger charge is 2.24. The van der Waals surface area contributed by atoms with Crippen LogP contribution < -0.4 is 5.32 Å². The summed E-state index contributed by atoms with van der Waals surface area (Å²) < 4.78 is 7.08. The minimum Gasteiger partial charge on any atom is -0.360 e. The first-order valence-electron chi connectivity index (χ1n) is 9.51. The molecule has 148 valence electrons. The van der Waals surface area contributed by atoms with Crippen molar-refractivity contribution in [2.75, 3.05) is 5.32 Å². The van der Waals surface area contributed by atoms with E-state index in [-0.39, 0.29) is 11.2 Å². The predicted octanol–water partition coefficient (Wildman–Crippen LogP) is 4.55. The van der Waals surface area contributed by atoms with Gasteiger partial charge < -0.3 is 14.4 Å². The van der Waals surface area contributed by atoms with Crippen LogP contribution in [0, 0.1) is 6.92 Å². The third-order valence-corrected chi connectivity index (χ3v) is 5.55. The number of nitrogens with one attached hydrogen (secondary N) is 1. The lowest BCUT2D eigenvalue weighted by Gasteiger charge is -2.15. The molecule has 28 heavy (non-hydrogen) atoms. The summed E-state index contributed by atoms with van der Waals surface area (Å²) in [5.41, 5.74) is 1.01. The van der Waals surface area contributed by atoms with Gasteiger partial charge in [-0.3, -0.25) is 4.79 Å². The molecule has 1 amide bonds. The summed E-state index contributed by atoms with van der Waals surface area (Å²) in [6.07, 6.45) is 2.72. The van der Waals surface area contributed by atoms with Gasteiger partial charge in [0.25, 0.3) is 0 Å². The number of benzene rings is 1. The second kappa shape index (κ2) is 9.54. The largest absolute Gasteiger partial charge is 0.360 e. The lowest BCUT2D eigenvalue weighted by molar-refractivity contribution is -0.115. The number of hydrogen-bond acceptors (Lipinski definition) is 6. The Morgan fingerprint density at radius 2 is 2.04 bits per heavy atom.